The predicted octanol–water partition coefficient (Wildman–Crippen LogP) is 2.52. The Morgan fingerprint density at radius 3 is 2.36 bits per heavy atom. The molecule has 0 saturated carbocycles. The molecule has 60 valence electrons. The molecule has 0 amide bonds. The molecule has 0 fully saturated rings. The van der Waals surface area contributed by atoms with Crippen LogP contribution in [0.1, 0.15) is 26.3 Å². The first-order valence-electron chi connectivity index (χ1n) is 3.62. The van der Waals surface area contributed by atoms with Crippen LogP contribution in [0.2, 0.25) is 0 Å². The first-order valence-corrected chi connectivity index (χ1v) is 3.62. The molecule has 1 heterocycles. The number of hydrogen-bond acceptors (Lipinski definition) is 1. The molecular weight excluding hydrogens is 140 g/mol. The second-order valence-electron chi connectivity index (χ2n) is 3.62. The first-order chi connectivity index (χ1) is 5.00. The highest BCUT2D eigenvalue weighted by molar-refractivity contribution is 5.19. The summed E-state index contributed by atoms with van der Waals surface area (Å²) in [5.74, 6) is -0.405. The molecule has 0 radical (unpaired) electrons. The van der Waals surface area contributed by atoms with Crippen molar-refractivity contribution in [3.63, 3.8) is 0 Å². The van der Waals surface area contributed by atoms with Crippen molar-refractivity contribution in [1.29, 1.82) is 0 Å². The molecule has 11 heavy (non-hydrogen) atoms. The van der Waals surface area contributed by atoms with Gasteiger partial charge in [0.05, 0.1) is 0 Å². The number of nitrogens with zero attached hydrogens (tertiary/aromatic N) is 1. The van der Waals surface area contributed by atoms with Crippen LogP contribution in [-0.4, -0.2) is 4.98 Å². The van der Waals surface area contributed by atoms with Gasteiger partial charge in [-0.15, -0.1) is 0 Å². The maximum absolute atomic E-state index is 12.6. The first kappa shape index (κ1) is 8.18. The van der Waals surface area contributed by atoms with Crippen molar-refractivity contribution in [2.75, 3.05) is 0 Å². The van der Waals surface area contributed by atoms with Crippen molar-refractivity contribution in [2.24, 2.45) is 0 Å². The van der Waals surface area contributed by atoms with Crippen molar-refractivity contribution in [3.8, 4) is 0 Å². The Kier molecular flexibility index (Phi) is 1.94. The lowest BCUT2D eigenvalue weighted by molar-refractivity contribution is 0.551. The molecule has 2 heteroatoms. The van der Waals surface area contributed by atoms with Gasteiger partial charge in [0.15, 0.2) is 0 Å². The van der Waals surface area contributed by atoms with Crippen molar-refractivity contribution >= 4 is 0 Å². The highest BCUT2D eigenvalue weighted by Crippen LogP contribution is 2.21. The average Bonchev–Trinajstić information content (AvgIpc) is 1.86. The zero-order chi connectivity index (χ0) is 8.48. The third-order valence-corrected chi connectivity index (χ3v) is 1.59. The Hall–Kier alpha value is -0.920. The second kappa shape index (κ2) is 2.61. The van der Waals surface area contributed by atoms with E-state index in [1.807, 2.05) is 26.8 Å². The van der Waals surface area contributed by atoms with E-state index in [0.29, 0.717) is 0 Å². The summed E-state index contributed by atoms with van der Waals surface area (Å²) in [7, 11) is 0. The van der Waals surface area contributed by atoms with E-state index < -0.39 is 5.95 Å². The van der Waals surface area contributed by atoms with Gasteiger partial charge < -0.3 is 0 Å². The number of pyridine rings is 1. The lowest BCUT2D eigenvalue weighted by atomic mass is 9.88. The monoisotopic (exact) mass is 152 g/mol. The number of rotatable bonds is 0. The molecule has 0 N–H and O–H groups in total. The molecule has 0 unspecified atom stereocenters. The summed E-state index contributed by atoms with van der Waals surface area (Å²) in [4.78, 5) is 3.49. The lowest BCUT2D eigenvalue weighted by Crippen LogP contribution is -2.11. The molecule has 1 aromatic rings. The van der Waals surface area contributed by atoms with Gasteiger partial charge >= 0.3 is 0 Å². The maximum Gasteiger partial charge on any atom is 0.213 e. The van der Waals surface area contributed by atoms with Gasteiger partial charge in [0, 0.05) is 6.20 Å². The lowest BCUT2D eigenvalue weighted by Gasteiger charge is -2.17. The van der Waals surface area contributed by atoms with Crippen LogP contribution < -0.4 is 0 Å². The Bertz CT molecular complexity index is 250. The highest BCUT2D eigenvalue weighted by atomic mass is 18.2. The third-order valence-electron chi connectivity index (χ3n) is 1.59. The summed E-state index contributed by atoms with van der Waals surface area (Å²) in [5.41, 5.74) is 0.981. The molecule has 0 aliphatic rings. The second-order valence-corrected chi connectivity index (χ2v) is 3.62. The Morgan fingerprint density at radius 1 is 1.36 bits per heavy atom. The van der Waals surface area contributed by atoms with Crippen molar-refractivity contribution in [2.45, 2.75) is 26.2 Å². The Labute approximate surface area is 66.3 Å². The van der Waals surface area contributed by atoms with Gasteiger partial charge in [-0.1, -0.05) is 20.8 Å². The summed E-state index contributed by atoms with van der Waals surface area (Å²) in [5, 5.41) is 0. The zero-order valence-electron chi connectivity index (χ0n) is 7.06. The van der Waals surface area contributed by atoms with Gasteiger partial charge in [-0.3, -0.25) is 0 Å². The van der Waals surface area contributed by atoms with Gasteiger partial charge in [0.25, 0.3) is 0 Å². The molecular formula is C9H12FN. The van der Waals surface area contributed by atoms with Crippen LogP contribution in [0.4, 0.5) is 4.39 Å². The third kappa shape index (κ3) is 2.00. The zero-order valence-corrected chi connectivity index (χ0v) is 7.06. The summed E-state index contributed by atoms with van der Waals surface area (Å²) < 4.78 is 12.6. The topological polar surface area (TPSA) is 12.9 Å². The normalized spacial score (nSPS) is 11.6. The van der Waals surface area contributed by atoms with Crippen LogP contribution in [0.5, 0.6) is 0 Å². The van der Waals surface area contributed by atoms with Crippen LogP contribution in [-0.2, 0) is 5.41 Å². The molecule has 1 rings (SSSR count). The van der Waals surface area contributed by atoms with E-state index in [4.69, 9.17) is 0 Å². The van der Waals surface area contributed by atoms with Crippen molar-refractivity contribution in [1.82, 2.24) is 4.98 Å². The van der Waals surface area contributed by atoms with Crippen LogP contribution >= 0.6 is 0 Å². The van der Waals surface area contributed by atoms with Gasteiger partial charge in [0.2, 0.25) is 5.95 Å². The van der Waals surface area contributed by atoms with Crippen LogP contribution in [0, 0.1) is 5.95 Å². The maximum atomic E-state index is 12.6. The Morgan fingerprint density at radius 2 is 2.00 bits per heavy atom. The molecule has 1 nitrogen and oxygen atoms in total. The van der Waals surface area contributed by atoms with Crippen LogP contribution in [0.3, 0.4) is 0 Å². The fraction of sp³-hybridized carbons (Fsp3) is 0.444. The predicted molar refractivity (Wildman–Crippen MR) is 42.9 cm³/mol. The quantitative estimate of drug-likeness (QED) is 0.520. The van der Waals surface area contributed by atoms with E-state index in [2.05, 4.69) is 4.98 Å². The molecule has 1 aromatic heterocycles. The summed E-state index contributed by atoms with van der Waals surface area (Å²) in [6.07, 6.45) is 1.50. The molecule has 0 spiro atoms. The summed E-state index contributed by atoms with van der Waals surface area (Å²) in [6, 6.07) is 3.31. The standard InChI is InChI=1S/C9H12FN/c1-9(2,3)7-4-5-11-8(10)6-7/h4-6H,1-3H3/i10-1. The SMILES string of the molecule is CC(C)(C)c1ccnc([18F])c1. The van der Waals surface area contributed by atoms with Crippen LogP contribution in [0.15, 0.2) is 18.3 Å². The van der Waals surface area contributed by atoms with E-state index >= 15 is 0 Å². The minimum Gasteiger partial charge on any atom is -0.228 e. The largest absolute Gasteiger partial charge is 0.228 e. The van der Waals surface area contributed by atoms with Gasteiger partial charge in [-0.2, -0.15) is 4.39 Å². The molecule has 0 aliphatic carbocycles. The fourth-order valence-corrected chi connectivity index (χ4v) is 0.869. The van der Waals surface area contributed by atoms with Gasteiger partial charge in [-0.05, 0) is 23.1 Å². The van der Waals surface area contributed by atoms with E-state index in [0.717, 1.165) is 5.56 Å². The van der Waals surface area contributed by atoms with Crippen LogP contribution in [0.25, 0.3) is 0 Å². The van der Waals surface area contributed by atoms with E-state index in [1.165, 1.54) is 12.3 Å². The molecule has 0 atom stereocenters. The smallest absolute Gasteiger partial charge is 0.213 e. The molecule has 0 saturated heterocycles. The summed E-state index contributed by atoms with van der Waals surface area (Å²) >= 11 is 0. The summed E-state index contributed by atoms with van der Waals surface area (Å²) in [6.45, 7) is 6.13. The van der Waals surface area contributed by atoms with E-state index in [1.54, 1.807) is 0 Å². The van der Waals surface area contributed by atoms with Crippen molar-refractivity contribution in [3.05, 3.63) is 29.8 Å². The van der Waals surface area contributed by atoms with E-state index in [9.17, 15) is 4.39 Å². The van der Waals surface area contributed by atoms with Gasteiger partial charge in [0.1, 0.15) is 0 Å². The highest BCUT2D eigenvalue weighted by Gasteiger charge is 2.13. The average molecular weight is 152 g/mol. The molecule has 0 bridgehead atoms. The molecule has 0 aromatic carbocycles. The van der Waals surface area contributed by atoms with Gasteiger partial charge in [-0.25, -0.2) is 4.98 Å². The molecule has 0 aliphatic heterocycles. The minimum absolute atomic E-state index is 0.00375. The number of aromatic nitrogens is 1. The Balaban J connectivity index is 3.06. The number of halogens is 1. The number of hydrogen-bond donors (Lipinski definition) is 0. The fourth-order valence-electron chi connectivity index (χ4n) is 0.869. The van der Waals surface area contributed by atoms with Crippen molar-refractivity contribution < 1.29 is 4.39 Å². The van der Waals surface area contributed by atoms with E-state index in [-0.39, 0.29) is 5.41 Å². The minimum atomic E-state index is -0.405.